The van der Waals surface area contributed by atoms with Crippen molar-refractivity contribution < 1.29 is 19.4 Å². The zero-order chi connectivity index (χ0) is 35.4. The van der Waals surface area contributed by atoms with Crippen molar-refractivity contribution in [2.75, 3.05) is 46.6 Å². The second-order valence-corrected chi connectivity index (χ2v) is 14.3. The maximum Gasteiger partial charge on any atom is 0.248 e. The number of ether oxygens (including phenoxy) is 2. The zero-order valence-electron chi connectivity index (χ0n) is 33.5. The lowest BCUT2D eigenvalue weighted by molar-refractivity contribution is -0.134. The molecule has 0 bridgehead atoms. The summed E-state index contributed by atoms with van der Waals surface area (Å²) in [5.74, 6) is -0.0769. The summed E-state index contributed by atoms with van der Waals surface area (Å²) in [7, 11) is 1.67. The number of carbonyl (C=O) groups excluding carboxylic acids is 1. The molecule has 0 aromatic heterocycles. The summed E-state index contributed by atoms with van der Waals surface area (Å²) in [5.41, 5.74) is 0. The number of unbranched alkanes of at least 4 members (excludes halogenated alkanes) is 30. The van der Waals surface area contributed by atoms with Crippen molar-refractivity contribution in [2.24, 2.45) is 0 Å². The number of nitrogens with zero attached hydrogens (tertiary/aromatic N) is 1. The fourth-order valence-corrected chi connectivity index (χ4v) is 6.45. The third-order valence-electron chi connectivity index (χ3n) is 9.69. The molecule has 0 aliphatic rings. The van der Waals surface area contributed by atoms with Crippen molar-refractivity contribution in [1.29, 1.82) is 0 Å². The van der Waals surface area contributed by atoms with Gasteiger partial charge in [-0.3, -0.25) is 4.79 Å². The van der Waals surface area contributed by atoms with Crippen LogP contribution < -0.4 is 0 Å². The number of carbonyl (C=O) groups is 1. The highest BCUT2D eigenvalue weighted by Gasteiger charge is 2.11. The normalized spacial score (nSPS) is 11.1. The van der Waals surface area contributed by atoms with E-state index in [9.17, 15) is 9.90 Å². The molecule has 5 heteroatoms. The molecule has 0 aliphatic heterocycles. The van der Waals surface area contributed by atoms with E-state index in [4.69, 9.17) is 9.47 Å². The largest absolute Gasteiger partial charge is 0.387 e. The van der Waals surface area contributed by atoms with Crippen molar-refractivity contribution >= 4 is 5.91 Å². The van der Waals surface area contributed by atoms with Crippen LogP contribution in [0.2, 0.25) is 0 Å². The molecule has 0 aromatic carbocycles. The third-order valence-corrected chi connectivity index (χ3v) is 9.69. The van der Waals surface area contributed by atoms with Gasteiger partial charge in [0.25, 0.3) is 0 Å². The Morgan fingerprint density at radius 3 is 0.938 bits per heavy atom. The van der Waals surface area contributed by atoms with Gasteiger partial charge in [-0.25, -0.2) is 0 Å². The van der Waals surface area contributed by atoms with Gasteiger partial charge >= 0.3 is 0 Å². The lowest BCUT2D eigenvalue weighted by Gasteiger charge is -2.22. The number of methoxy groups -OCH3 is 1. The van der Waals surface area contributed by atoms with E-state index in [-0.39, 0.29) is 12.5 Å². The highest BCUT2D eigenvalue weighted by molar-refractivity contribution is 5.77. The average molecular weight is 684 g/mol. The lowest BCUT2D eigenvalue weighted by atomic mass is 10.0. The van der Waals surface area contributed by atoms with Crippen molar-refractivity contribution in [3.05, 3.63) is 0 Å². The zero-order valence-corrected chi connectivity index (χ0v) is 33.5. The molecule has 290 valence electrons. The van der Waals surface area contributed by atoms with Crippen LogP contribution in [0.15, 0.2) is 0 Å². The van der Waals surface area contributed by atoms with Gasteiger partial charge in [0, 0.05) is 26.8 Å². The van der Waals surface area contributed by atoms with Gasteiger partial charge in [-0.15, -0.1) is 0 Å². The molecule has 0 fully saturated rings. The first-order valence-corrected chi connectivity index (χ1v) is 21.6. The maximum atomic E-state index is 12.2. The summed E-state index contributed by atoms with van der Waals surface area (Å²) in [4.78, 5) is 14.1. The van der Waals surface area contributed by atoms with Gasteiger partial charge < -0.3 is 19.5 Å². The van der Waals surface area contributed by atoms with Crippen LogP contribution in [0, 0.1) is 0 Å². The van der Waals surface area contributed by atoms with E-state index in [0.717, 1.165) is 32.5 Å². The molecule has 5 nitrogen and oxygen atoms in total. The van der Waals surface area contributed by atoms with E-state index in [2.05, 4.69) is 13.8 Å². The minimum Gasteiger partial charge on any atom is -0.387 e. The minimum atomic E-state index is -0.336. The molecule has 0 atom stereocenters. The number of rotatable bonds is 39. The Kier molecular flexibility index (Phi) is 47.8. The third kappa shape index (κ3) is 43.4. The maximum absolute atomic E-state index is 12.2. The summed E-state index contributed by atoms with van der Waals surface area (Å²) >= 11 is 0. The number of aliphatic hydroxyl groups excluding tert-OH is 1. The van der Waals surface area contributed by atoms with E-state index >= 15 is 0 Å². The topological polar surface area (TPSA) is 59.0 Å². The molecule has 0 heterocycles. The van der Waals surface area contributed by atoms with Crippen molar-refractivity contribution in [3.8, 4) is 0 Å². The summed E-state index contributed by atoms with van der Waals surface area (Å²) in [5, 5.41) is 9.38. The number of hydrogen-bond donors (Lipinski definition) is 1. The van der Waals surface area contributed by atoms with Crippen LogP contribution in [0.1, 0.15) is 226 Å². The van der Waals surface area contributed by atoms with Crippen LogP contribution in [-0.2, 0) is 14.3 Å². The van der Waals surface area contributed by atoms with E-state index in [0.29, 0.717) is 13.2 Å². The second kappa shape index (κ2) is 46.4. The van der Waals surface area contributed by atoms with Gasteiger partial charge in [-0.2, -0.15) is 0 Å². The quantitative estimate of drug-likeness (QED) is 0.0655. The molecule has 0 aromatic rings. The number of amides is 1. The smallest absolute Gasteiger partial charge is 0.248 e. The minimum absolute atomic E-state index is 0.0769. The van der Waals surface area contributed by atoms with Crippen LogP contribution in [0.5, 0.6) is 0 Å². The van der Waals surface area contributed by atoms with Gasteiger partial charge in [0.1, 0.15) is 6.61 Å². The molecular weight excluding hydrogens is 594 g/mol. The predicted molar refractivity (Wildman–Crippen MR) is 211 cm³/mol. The molecular formula is C43H89NO4. The highest BCUT2D eigenvalue weighted by Crippen LogP contribution is 2.16. The molecule has 1 amide bonds. The number of aliphatic hydroxyl groups is 1. The highest BCUT2D eigenvalue weighted by atomic mass is 16.5. The number of hydrogen-bond acceptors (Lipinski definition) is 4. The Morgan fingerprint density at radius 1 is 0.438 bits per heavy atom. The summed E-state index contributed by atoms with van der Waals surface area (Å²) in [6.45, 7) is 10.1. The van der Waals surface area contributed by atoms with E-state index in [1.165, 1.54) is 193 Å². The van der Waals surface area contributed by atoms with Crippen LogP contribution >= 0.6 is 0 Å². The SMILES string of the molecule is CCCCCCCCCCCCCCCCCCN(CCCCCCCCCCCCCCCCCC)C(=O)CO.CCOCCOC. The first-order chi connectivity index (χ1) is 23.7. The molecule has 0 aliphatic carbocycles. The molecule has 0 saturated heterocycles. The van der Waals surface area contributed by atoms with Crippen molar-refractivity contribution in [2.45, 2.75) is 226 Å². The lowest BCUT2D eigenvalue weighted by Crippen LogP contribution is -2.35. The first kappa shape index (κ1) is 49.5. The molecule has 0 spiro atoms. The van der Waals surface area contributed by atoms with E-state index in [1.807, 2.05) is 11.8 Å². The molecule has 0 rings (SSSR count). The van der Waals surface area contributed by atoms with Gasteiger partial charge in [0.15, 0.2) is 0 Å². The molecule has 48 heavy (non-hydrogen) atoms. The predicted octanol–water partition coefficient (Wildman–Crippen LogP) is 13.0. The molecule has 0 saturated carbocycles. The monoisotopic (exact) mass is 684 g/mol. The summed E-state index contributed by atoms with van der Waals surface area (Å²) in [6.07, 6.45) is 43.9. The Bertz CT molecular complexity index is 533. The summed E-state index contributed by atoms with van der Waals surface area (Å²) < 4.78 is 9.67. The second-order valence-electron chi connectivity index (χ2n) is 14.3. The van der Waals surface area contributed by atoms with Crippen molar-refractivity contribution in [3.63, 3.8) is 0 Å². The van der Waals surface area contributed by atoms with Gasteiger partial charge in [-0.05, 0) is 19.8 Å². The first-order valence-electron chi connectivity index (χ1n) is 21.6. The van der Waals surface area contributed by atoms with Crippen LogP contribution in [0.4, 0.5) is 0 Å². The Balaban J connectivity index is 0. The van der Waals surface area contributed by atoms with Crippen LogP contribution in [-0.4, -0.2) is 62.5 Å². The van der Waals surface area contributed by atoms with Crippen LogP contribution in [0.3, 0.4) is 0 Å². The molecule has 1 N–H and O–H groups in total. The van der Waals surface area contributed by atoms with E-state index < -0.39 is 0 Å². The fourth-order valence-electron chi connectivity index (χ4n) is 6.45. The van der Waals surface area contributed by atoms with Gasteiger partial charge in [-0.1, -0.05) is 206 Å². The van der Waals surface area contributed by atoms with E-state index in [1.54, 1.807) is 7.11 Å². The standard InChI is InChI=1S/C38H77NO2.C5H12O2/c1-3-5-7-9-11-13-15-17-19-21-23-25-27-29-31-33-35-39(38(41)37-40)36-34-32-30-28-26-24-22-20-18-16-14-12-10-8-6-4-2;1-3-7-5-4-6-2/h40H,3-37H2,1-2H3;3-5H2,1-2H3. The molecule has 0 unspecified atom stereocenters. The molecule has 0 radical (unpaired) electrons. The van der Waals surface area contributed by atoms with Gasteiger partial charge in [0.2, 0.25) is 5.91 Å². The van der Waals surface area contributed by atoms with Crippen LogP contribution in [0.25, 0.3) is 0 Å². The van der Waals surface area contributed by atoms with Crippen molar-refractivity contribution in [1.82, 2.24) is 4.90 Å². The van der Waals surface area contributed by atoms with Gasteiger partial charge in [0.05, 0.1) is 13.2 Å². The Morgan fingerprint density at radius 2 is 0.708 bits per heavy atom. The Hall–Kier alpha value is -0.650. The Labute approximate surface area is 302 Å². The summed E-state index contributed by atoms with van der Waals surface area (Å²) in [6, 6.07) is 0. The average Bonchev–Trinajstić information content (AvgIpc) is 3.10. The fraction of sp³-hybridized carbons (Fsp3) is 0.977.